The van der Waals surface area contributed by atoms with E-state index in [1.165, 1.54) is 11.3 Å². The molecule has 2 N–H and O–H groups in total. The number of hydrogen-bond acceptors (Lipinski definition) is 4. The zero-order chi connectivity index (χ0) is 13.8. The lowest BCUT2D eigenvalue weighted by Gasteiger charge is -2.09. The number of carbonyl (C=O) groups is 1. The summed E-state index contributed by atoms with van der Waals surface area (Å²) < 4.78 is 0. The van der Waals surface area contributed by atoms with Gasteiger partial charge in [0.15, 0.2) is 5.13 Å². The summed E-state index contributed by atoms with van der Waals surface area (Å²) in [5, 5.41) is 6.67. The quantitative estimate of drug-likeness (QED) is 0.898. The van der Waals surface area contributed by atoms with Gasteiger partial charge in [0, 0.05) is 17.1 Å². The highest BCUT2D eigenvalue weighted by molar-refractivity contribution is 7.15. The fraction of sp³-hybridized carbons (Fsp3) is 0.286. The standard InChI is InChI=1S/C14H17N3OS/c1-4-15-12-8-6-5-7-11(12)13(18)17-14-16-9(2)10(3)19-14/h5-8,15H,4H2,1-3H3,(H,16,17,18). The molecule has 0 radical (unpaired) electrons. The van der Waals surface area contributed by atoms with E-state index in [4.69, 9.17) is 0 Å². The molecule has 1 aromatic heterocycles. The summed E-state index contributed by atoms with van der Waals surface area (Å²) >= 11 is 1.49. The molecule has 1 heterocycles. The molecule has 0 spiro atoms. The van der Waals surface area contributed by atoms with Crippen molar-refractivity contribution in [3.63, 3.8) is 0 Å². The minimum Gasteiger partial charge on any atom is -0.385 e. The highest BCUT2D eigenvalue weighted by Crippen LogP contribution is 2.23. The van der Waals surface area contributed by atoms with E-state index in [0.29, 0.717) is 10.7 Å². The van der Waals surface area contributed by atoms with Crippen molar-refractivity contribution >= 4 is 28.1 Å². The number of hydrogen-bond donors (Lipinski definition) is 2. The largest absolute Gasteiger partial charge is 0.385 e. The second kappa shape index (κ2) is 5.84. The van der Waals surface area contributed by atoms with Crippen LogP contribution in [0.5, 0.6) is 0 Å². The van der Waals surface area contributed by atoms with E-state index in [1.54, 1.807) is 6.07 Å². The highest BCUT2D eigenvalue weighted by atomic mass is 32.1. The molecule has 2 aromatic rings. The van der Waals surface area contributed by atoms with Crippen molar-refractivity contribution in [3.05, 3.63) is 40.4 Å². The molecule has 0 atom stereocenters. The Morgan fingerprint density at radius 1 is 1.32 bits per heavy atom. The van der Waals surface area contributed by atoms with Crippen LogP contribution >= 0.6 is 11.3 Å². The van der Waals surface area contributed by atoms with Gasteiger partial charge in [0.25, 0.3) is 5.91 Å². The summed E-state index contributed by atoms with van der Waals surface area (Å²) in [6.07, 6.45) is 0. The van der Waals surface area contributed by atoms with E-state index < -0.39 is 0 Å². The maximum Gasteiger partial charge on any atom is 0.259 e. The third-order valence-electron chi connectivity index (χ3n) is 2.79. The van der Waals surface area contributed by atoms with Crippen LogP contribution in [0.2, 0.25) is 0 Å². The molecular weight excluding hydrogens is 258 g/mol. The predicted octanol–water partition coefficient (Wildman–Crippen LogP) is 3.44. The first-order chi connectivity index (χ1) is 9.11. The Morgan fingerprint density at radius 3 is 2.68 bits per heavy atom. The van der Waals surface area contributed by atoms with E-state index in [0.717, 1.165) is 22.8 Å². The zero-order valence-electron chi connectivity index (χ0n) is 11.3. The van der Waals surface area contributed by atoms with E-state index in [2.05, 4.69) is 15.6 Å². The van der Waals surface area contributed by atoms with Crippen LogP contribution in [-0.4, -0.2) is 17.4 Å². The van der Waals surface area contributed by atoms with E-state index in [-0.39, 0.29) is 5.91 Å². The Morgan fingerprint density at radius 2 is 2.05 bits per heavy atom. The van der Waals surface area contributed by atoms with Gasteiger partial charge in [-0.2, -0.15) is 0 Å². The first-order valence-electron chi connectivity index (χ1n) is 6.20. The minimum absolute atomic E-state index is 0.134. The van der Waals surface area contributed by atoms with Gasteiger partial charge in [-0.3, -0.25) is 10.1 Å². The molecule has 1 amide bonds. The average molecular weight is 275 g/mol. The van der Waals surface area contributed by atoms with E-state index in [9.17, 15) is 4.79 Å². The van der Waals surface area contributed by atoms with Gasteiger partial charge < -0.3 is 5.32 Å². The molecule has 5 heteroatoms. The van der Waals surface area contributed by atoms with Gasteiger partial charge in [-0.1, -0.05) is 12.1 Å². The van der Waals surface area contributed by atoms with Gasteiger partial charge in [-0.05, 0) is 32.9 Å². The van der Waals surface area contributed by atoms with Gasteiger partial charge in [0.05, 0.1) is 11.3 Å². The highest BCUT2D eigenvalue weighted by Gasteiger charge is 2.13. The molecule has 0 aliphatic rings. The average Bonchev–Trinajstić information content (AvgIpc) is 2.69. The van der Waals surface area contributed by atoms with Crippen LogP contribution < -0.4 is 10.6 Å². The number of thiazole rings is 1. The number of nitrogens with one attached hydrogen (secondary N) is 2. The molecule has 0 bridgehead atoms. The van der Waals surface area contributed by atoms with Crippen LogP contribution in [0, 0.1) is 13.8 Å². The second-order valence-corrected chi connectivity index (χ2v) is 5.39. The molecular formula is C14H17N3OS. The Kier molecular flexibility index (Phi) is 4.16. The predicted molar refractivity (Wildman–Crippen MR) is 80.1 cm³/mol. The lowest BCUT2D eigenvalue weighted by molar-refractivity contribution is 0.102. The second-order valence-electron chi connectivity index (χ2n) is 4.19. The van der Waals surface area contributed by atoms with Crippen LogP contribution in [0.15, 0.2) is 24.3 Å². The third kappa shape index (κ3) is 3.12. The lowest BCUT2D eigenvalue weighted by Crippen LogP contribution is -2.14. The molecule has 100 valence electrons. The summed E-state index contributed by atoms with van der Waals surface area (Å²) in [6, 6.07) is 7.47. The summed E-state index contributed by atoms with van der Waals surface area (Å²) in [6.45, 7) is 6.71. The van der Waals surface area contributed by atoms with Crippen molar-refractivity contribution in [3.8, 4) is 0 Å². The van der Waals surface area contributed by atoms with Crippen molar-refractivity contribution in [1.82, 2.24) is 4.98 Å². The maximum absolute atomic E-state index is 12.2. The summed E-state index contributed by atoms with van der Waals surface area (Å²) in [5.74, 6) is -0.134. The van der Waals surface area contributed by atoms with Gasteiger partial charge in [0.1, 0.15) is 0 Å². The summed E-state index contributed by atoms with van der Waals surface area (Å²) in [7, 11) is 0. The van der Waals surface area contributed by atoms with Gasteiger partial charge in [-0.25, -0.2) is 4.98 Å². The molecule has 4 nitrogen and oxygen atoms in total. The molecule has 0 saturated heterocycles. The Labute approximate surface area is 116 Å². The number of rotatable bonds is 4. The molecule has 0 saturated carbocycles. The number of aryl methyl sites for hydroxylation is 2. The first-order valence-corrected chi connectivity index (χ1v) is 7.01. The maximum atomic E-state index is 12.2. The molecule has 0 unspecified atom stereocenters. The zero-order valence-corrected chi connectivity index (χ0v) is 12.1. The van der Waals surface area contributed by atoms with Crippen molar-refractivity contribution in [2.75, 3.05) is 17.2 Å². The molecule has 0 fully saturated rings. The first kappa shape index (κ1) is 13.5. The minimum atomic E-state index is -0.134. The Balaban J connectivity index is 2.20. The topological polar surface area (TPSA) is 54.0 Å². The summed E-state index contributed by atoms with van der Waals surface area (Å²) in [5.41, 5.74) is 2.43. The van der Waals surface area contributed by atoms with Crippen LogP contribution in [-0.2, 0) is 0 Å². The van der Waals surface area contributed by atoms with Gasteiger partial charge in [-0.15, -0.1) is 11.3 Å². The van der Waals surface area contributed by atoms with Crippen LogP contribution in [0.25, 0.3) is 0 Å². The van der Waals surface area contributed by atoms with Crippen molar-refractivity contribution < 1.29 is 4.79 Å². The monoisotopic (exact) mass is 275 g/mol. The van der Waals surface area contributed by atoms with Crippen LogP contribution in [0.4, 0.5) is 10.8 Å². The van der Waals surface area contributed by atoms with E-state index >= 15 is 0 Å². The number of amides is 1. The number of nitrogens with zero attached hydrogens (tertiary/aromatic N) is 1. The number of carbonyl (C=O) groups excluding carboxylic acids is 1. The van der Waals surface area contributed by atoms with Crippen LogP contribution in [0.1, 0.15) is 27.9 Å². The van der Waals surface area contributed by atoms with E-state index in [1.807, 2.05) is 39.0 Å². The molecule has 0 aliphatic carbocycles. The van der Waals surface area contributed by atoms with Gasteiger partial charge >= 0.3 is 0 Å². The molecule has 19 heavy (non-hydrogen) atoms. The Bertz CT molecular complexity index is 573. The van der Waals surface area contributed by atoms with Crippen LogP contribution in [0.3, 0.4) is 0 Å². The molecule has 2 rings (SSSR count). The number of anilines is 2. The number of para-hydroxylation sites is 1. The van der Waals surface area contributed by atoms with Crippen molar-refractivity contribution in [2.24, 2.45) is 0 Å². The van der Waals surface area contributed by atoms with Crippen molar-refractivity contribution in [1.29, 1.82) is 0 Å². The SMILES string of the molecule is CCNc1ccccc1C(=O)Nc1nc(C)c(C)s1. The van der Waals surface area contributed by atoms with Crippen molar-refractivity contribution in [2.45, 2.75) is 20.8 Å². The third-order valence-corrected chi connectivity index (χ3v) is 3.78. The molecule has 1 aromatic carbocycles. The molecule has 0 aliphatic heterocycles. The smallest absolute Gasteiger partial charge is 0.259 e. The lowest BCUT2D eigenvalue weighted by atomic mass is 10.1. The fourth-order valence-corrected chi connectivity index (χ4v) is 2.53. The number of aromatic nitrogens is 1. The Hall–Kier alpha value is -1.88. The normalized spacial score (nSPS) is 10.3. The summed E-state index contributed by atoms with van der Waals surface area (Å²) in [4.78, 5) is 17.7. The number of benzene rings is 1. The van der Waals surface area contributed by atoms with Gasteiger partial charge in [0.2, 0.25) is 0 Å². The fourth-order valence-electron chi connectivity index (χ4n) is 1.72.